The molecular weight excluding hydrogens is 335 g/mol. The summed E-state index contributed by atoms with van der Waals surface area (Å²) >= 11 is 0. The summed E-state index contributed by atoms with van der Waals surface area (Å²) in [6.07, 6.45) is 1.67. The maximum Gasteiger partial charge on any atom is 0.318 e. The van der Waals surface area contributed by atoms with E-state index < -0.39 is 0 Å². The van der Waals surface area contributed by atoms with E-state index >= 15 is 0 Å². The summed E-state index contributed by atoms with van der Waals surface area (Å²) < 4.78 is 19.3. The second kappa shape index (κ2) is 8.29. The van der Waals surface area contributed by atoms with Gasteiger partial charge in [0.2, 0.25) is 11.8 Å². The first-order chi connectivity index (χ1) is 12.5. The summed E-state index contributed by atoms with van der Waals surface area (Å²) in [5, 5.41) is 8.14. The molecule has 0 radical (unpaired) electrons. The summed E-state index contributed by atoms with van der Waals surface area (Å²) in [5.74, 6) is 0.753. The first-order valence-electron chi connectivity index (χ1n) is 9.14. The van der Waals surface area contributed by atoms with E-state index in [0.29, 0.717) is 62.9 Å². The van der Waals surface area contributed by atoms with Crippen molar-refractivity contribution >= 4 is 11.9 Å². The molecule has 0 atom stereocenters. The summed E-state index contributed by atoms with van der Waals surface area (Å²) in [6, 6.07) is 7.26. The van der Waals surface area contributed by atoms with Crippen molar-refractivity contribution in [1.29, 1.82) is 0 Å². The zero-order chi connectivity index (χ0) is 18.5. The molecule has 0 saturated carbocycles. The fraction of sp³-hybridized carbons (Fsp3) is 0.526. The number of carbonyl (C=O) groups excluding carboxylic acids is 1. The Bertz CT molecular complexity index is 739. The predicted molar refractivity (Wildman–Crippen MR) is 96.5 cm³/mol. The molecule has 26 heavy (non-hydrogen) atoms. The summed E-state index contributed by atoms with van der Waals surface area (Å²) in [7, 11) is 0. The fourth-order valence-corrected chi connectivity index (χ4v) is 3.02. The smallest absolute Gasteiger partial charge is 0.318 e. The van der Waals surface area contributed by atoms with Crippen LogP contribution in [-0.4, -0.2) is 47.2 Å². The molecule has 1 aliphatic heterocycles. The number of aryl methyl sites for hydroxylation is 1. The van der Waals surface area contributed by atoms with Gasteiger partial charge in [-0.2, -0.15) is 0 Å². The number of amides is 1. The van der Waals surface area contributed by atoms with Gasteiger partial charge in [0.1, 0.15) is 5.82 Å². The average molecular weight is 360 g/mol. The lowest BCUT2D eigenvalue weighted by Crippen LogP contribution is -2.48. The SMILES string of the molecule is CC(C)c1nnc(N2CCN(C(=O)CCCc3ccccc3F)CC2)o1. The second-order valence-electron chi connectivity index (χ2n) is 6.89. The third-order valence-electron chi connectivity index (χ3n) is 4.62. The van der Waals surface area contributed by atoms with Crippen LogP contribution in [0.4, 0.5) is 10.4 Å². The number of anilines is 1. The Labute approximate surface area is 153 Å². The van der Waals surface area contributed by atoms with Gasteiger partial charge in [-0.15, -0.1) is 5.10 Å². The van der Waals surface area contributed by atoms with Gasteiger partial charge in [0.25, 0.3) is 0 Å². The van der Waals surface area contributed by atoms with Crippen LogP contribution in [0.5, 0.6) is 0 Å². The van der Waals surface area contributed by atoms with Crippen molar-refractivity contribution < 1.29 is 13.6 Å². The molecule has 1 aromatic carbocycles. The molecule has 140 valence electrons. The Morgan fingerprint density at radius 2 is 1.92 bits per heavy atom. The Morgan fingerprint density at radius 1 is 1.19 bits per heavy atom. The van der Waals surface area contributed by atoms with Crippen molar-refractivity contribution in [2.24, 2.45) is 0 Å². The van der Waals surface area contributed by atoms with Crippen molar-refractivity contribution in [3.8, 4) is 0 Å². The summed E-state index contributed by atoms with van der Waals surface area (Å²) in [4.78, 5) is 16.2. The monoisotopic (exact) mass is 360 g/mol. The number of aromatic nitrogens is 2. The molecule has 1 aromatic heterocycles. The number of piperazine rings is 1. The lowest BCUT2D eigenvalue weighted by molar-refractivity contribution is -0.131. The van der Waals surface area contributed by atoms with E-state index in [4.69, 9.17) is 4.42 Å². The zero-order valence-electron chi connectivity index (χ0n) is 15.3. The molecule has 6 nitrogen and oxygen atoms in total. The number of carbonyl (C=O) groups is 1. The van der Waals surface area contributed by atoms with E-state index in [1.807, 2.05) is 29.7 Å². The molecule has 1 aliphatic rings. The van der Waals surface area contributed by atoms with Gasteiger partial charge in [0, 0.05) is 38.5 Å². The molecule has 3 rings (SSSR count). The lowest BCUT2D eigenvalue weighted by atomic mass is 10.1. The van der Waals surface area contributed by atoms with Crippen LogP contribution in [-0.2, 0) is 11.2 Å². The Balaban J connectivity index is 1.44. The fourth-order valence-electron chi connectivity index (χ4n) is 3.02. The first-order valence-corrected chi connectivity index (χ1v) is 9.14. The molecule has 0 unspecified atom stereocenters. The molecule has 1 fully saturated rings. The van der Waals surface area contributed by atoms with Crippen LogP contribution in [0.2, 0.25) is 0 Å². The minimum Gasteiger partial charge on any atom is -0.408 e. The van der Waals surface area contributed by atoms with Gasteiger partial charge in [-0.1, -0.05) is 37.1 Å². The predicted octanol–water partition coefficient (Wildman–Crippen LogP) is 3.00. The minimum absolute atomic E-state index is 0.120. The highest BCUT2D eigenvalue weighted by Gasteiger charge is 2.24. The van der Waals surface area contributed by atoms with E-state index in [2.05, 4.69) is 10.2 Å². The number of rotatable bonds is 6. The second-order valence-corrected chi connectivity index (χ2v) is 6.89. The van der Waals surface area contributed by atoms with Crippen molar-refractivity contribution in [3.05, 3.63) is 41.5 Å². The average Bonchev–Trinajstić information content (AvgIpc) is 3.14. The van der Waals surface area contributed by atoms with E-state index in [0.717, 1.165) is 0 Å². The quantitative estimate of drug-likeness (QED) is 0.792. The van der Waals surface area contributed by atoms with Gasteiger partial charge in [-0.05, 0) is 24.5 Å². The van der Waals surface area contributed by atoms with E-state index in [-0.39, 0.29) is 17.6 Å². The number of hydrogen-bond donors (Lipinski definition) is 0. The van der Waals surface area contributed by atoms with E-state index in [1.54, 1.807) is 12.1 Å². The number of hydrogen-bond acceptors (Lipinski definition) is 5. The molecule has 1 amide bonds. The van der Waals surface area contributed by atoms with Crippen LogP contribution in [0.3, 0.4) is 0 Å². The largest absolute Gasteiger partial charge is 0.408 e. The van der Waals surface area contributed by atoms with Crippen molar-refractivity contribution in [1.82, 2.24) is 15.1 Å². The Hall–Kier alpha value is -2.44. The first kappa shape index (κ1) is 18.4. The van der Waals surface area contributed by atoms with Crippen molar-refractivity contribution in [2.45, 2.75) is 39.0 Å². The zero-order valence-corrected chi connectivity index (χ0v) is 15.3. The van der Waals surface area contributed by atoms with Gasteiger partial charge in [0.05, 0.1) is 0 Å². The van der Waals surface area contributed by atoms with Crippen molar-refractivity contribution in [3.63, 3.8) is 0 Å². The molecule has 2 aromatic rings. The molecule has 2 heterocycles. The van der Waals surface area contributed by atoms with Crippen LogP contribution in [0, 0.1) is 5.82 Å². The third kappa shape index (κ3) is 4.39. The van der Waals surface area contributed by atoms with Gasteiger partial charge in [-0.25, -0.2) is 4.39 Å². The molecule has 0 spiro atoms. The van der Waals surface area contributed by atoms with Gasteiger partial charge in [-0.3, -0.25) is 4.79 Å². The highest BCUT2D eigenvalue weighted by atomic mass is 19.1. The molecule has 0 bridgehead atoms. The summed E-state index contributed by atoms with van der Waals surface area (Å²) in [6.45, 7) is 6.65. The maximum absolute atomic E-state index is 13.6. The molecule has 1 saturated heterocycles. The number of halogens is 1. The van der Waals surface area contributed by atoms with Gasteiger partial charge < -0.3 is 14.2 Å². The lowest BCUT2D eigenvalue weighted by Gasteiger charge is -2.33. The topological polar surface area (TPSA) is 62.5 Å². The molecular formula is C19H25FN4O2. The molecule has 7 heteroatoms. The van der Waals surface area contributed by atoms with Crippen molar-refractivity contribution in [2.75, 3.05) is 31.1 Å². The number of nitrogens with zero attached hydrogens (tertiary/aromatic N) is 4. The minimum atomic E-state index is -0.200. The van der Waals surface area contributed by atoms with Gasteiger partial charge in [0.15, 0.2) is 0 Å². The van der Waals surface area contributed by atoms with Crippen LogP contribution in [0.1, 0.15) is 44.1 Å². The highest BCUT2D eigenvalue weighted by molar-refractivity contribution is 5.76. The van der Waals surface area contributed by atoms with E-state index in [1.165, 1.54) is 6.07 Å². The normalized spacial score (nSPS) is 14.9. The maximum atomic E-state index is 13.6. The van der Waals surface area contributed by atoms with Crippen LogP contribution in [0.15, 0.2) is 28.7 Å². The number of benzene rings is 1. The van der Waals surface area contributed by atoms with Crippen LogP contribution < -0.4 is 4.90 Å². The van der Waals surface area contributed by atoms with Gasteiger partial charge >= 0.3 is 6.01 Å². The standard InChI is InChI=1S/C19H25FN4O2/c1-14(2)18-21-22-19(26-18)24-12-10-23(11-13-24)17(25)9-5-7-15-6-3-4-8-16(15)20/h3-4,6,8,14H,5,7,9-13H2,1-2H3. The molecule has 0 N–H and O–H groups in total. The van der Waals surface area contributed by atoms with E-state index in [9.17, 15) is 9.18 Å². The van der Waals surface area contributed by atoms with Crippen LogP contribution in [0.25, 0.3) is 0 Å². The summed E-state index contributed by atoms with van der Waals surface area (Å²) in [5.41, 5.74) is 0.669. The Kier molecular flexibility index (Phi) is 5.85. The highest BCUT2D eigenvalue weighted by Crippen LogP contribution is 2.20. The molecule has 0 aliphatic carbocycles. The third-order valence-corrected chi connectivity index (χ3v) is 4.62. The van der Waals surface area contributed by atoms with Crippen LogP contribution >= 0.6 is 0 Å². The Morgan fingerprint density at radius 3 is 2.58 bits per heavy atom.